The lowest BCUT2D eigenvalue weighted by molar-refractivity contribution is -0.138. The second kappa shape index (κ2) is 5.55. The Balaban J connectivity index is 1.70. The number of aliphatic hydroxyl groups excluding tert-OH is 2. The summed E-state index contributed by atoms with van der Waals surface area (Å²) < 4.78 is 5.47. The van der Waals surface area contributed by atoms with Crippen molar-refractivity contribution < 1.29 is 19.4 Å². The molecule has 2 fully saturated rings. The minimum absolute atomic E-state index is 0.00996. The molecule has 0 radical (unpaired) electrons. The Hall–Kier alpha value is -1.39. The normalized spacial score (nSPS) is 44.0. The van der Waals surface area contributed by atoms with Crippen molar-refractivity contribution in [1.29, 1.82) is 0 Å². The number of allylic oxidation sites excluding steroid dienone is 1. The highest BCUT2D eigenvalue weighted by Crippen LogP contribution is 2.58. The van der Waals surface area contributed by atoms with Crippen LogP contribution in [0.4, 0.5) is 0 Å². The van der Waals surface area contributed by atoms with E-state index in [1.54, 1.807) is 6.26 Å². The lowest BCUT2D eigenvalue weighted by atomic mass is 9.49. The third-order valence-electron chi connectivity index (χ3n) is 7.45. The monoisotopic (exact) mass is 344 g/mol. The smallest absolute Gasteiger partial charge is 0.146 e. The molecule has 4 nitrogen and oxygen atoms in total. The number of hydrogen-bond donors (Lipinski definition) is 2. The van der Waals surface area contributed by atoms with Crippen LogP contribution in [0.25, 0.3) is 0 Å². The molecule has 6 atom stereocenters. The maximum atomic E-state index is 13.5. The highest BCUT2D eigenvalue weighted by atomic mass is 16.3. The van der Waals surface area contributed by atoms with Crippen molar-refractivity contribution in [2.24, 2.45) is 17.3 Å². The van der Waals surface area contributed by atoms with Gasteiger partial charge >= 0.3 is 0 Å². The van der Waals surface area contributed by atoms with Gasteiger partial charge in [0, 0.05) is 11.5 Å². The minimum Gasteiger partial charge on any atom is -0.469 e. The van der Waals surface area contributed by atoms with E-state index in [1.807, 2.05) is 13.0 Å². The van der Waals surface area contributed by atoms with Gasteiger partial charge in [0.25, 0.3) is 0 Å². The first kappa shape index (κ1) is 17.0. The first-order chi connectivity index (χ1) is 11.8. The van der Waals surface area contributed by atoms with Gasteiger partial charge in [-0.2, -0.15) is 0 Å². The molecule has 0 amide bonds. The molecule has 0 aromatic carbocycles. The predicted octanol–water partition coefficient (Wildman–Crippen LogP) is 3.29. The molecule has 1 aromatic heterocycles. The molecule has 1 aromatic rings. The van der Waals surface area contributed by atoms with Crippen LogP contribution >= 0.6 is 0 Å². The zero-order valence-electron chi connectivity index (χ0n) is 15.3. The fourth-order valence-corrected chi connectivity index (χ4v) is 5.89. The fourth-order valence-electron chi connectivity index (χ4n) is 5.89. The second-order valence-corrected chi connectivity index (χ2v) is 8.76. The summed E-state index contributed by atoms with van der Waals surface area (Å²) in [4.78, 5) is 13.5. The second-order valence-electron chi connectivity index (χ2n) is 8.76. The average Bonchev–Trinajstić information content (AvgIpc) is 2.99. The van der Waals surface area contributed by atoms with Gasteiger partial charge in [0.1, 0.15) is 11.5 Å². The topological polar surface area (TPSA) is 70.7 Å². The first-order valence-corrected chi connectivity index (χ1v) is 9.42. The number of rotatable bonds is 1. The van der Waals surface area contributed by atoms with Crippen LogP contribution in [0.15, 0.2) is 28.4 Å². The van der Waals surface area contributed by atoms with E-state index in [4.69, 9.17) is 4.42 Å². The predicted molar refractivity (Wildman–Crippen MR) is 94.1 cm³/mol. The molecule has 3 aliphatic carbocycles. The van der Waals surface area contributed by atoms with Crippen LogP contribution in [0.3, 0.4) is 0 Å². The third kappa shape index (κ3) is 2.30. The maximum absolute atomic E-state index is 13.5. The van der Waals surface area contributed by atoms with E-state index in [2.05, 4.69) is 19.9 Å². The van der Waals surface area contributed by atoms with Crippen LogP contribution in [-0.2, 0) is 10.2 Å². The molecule has 136 valence electrons. The van der Waals surface area contributed by atoms with Crippen molar-refractivity contribution in [3.05, 3.63) is 35.3 Å². The van der Waals surface area contributed by atoms with Crippen LogP contribution in [0.2, 0.25) is 0 Å². The molecule has 0 aliphatic heterocycles. The zero-order valence-corrected chi connectivity index (χ0v) is 15.3. The summed E-state index contributed by atoms with van der Waals surface area (Å²) in [5.74, 6) is 1.39. The van der Waals surface area contributed by atoms with Crippen LogP contribution in [0.1, 0.15) is 57.3 Å². The van der Waals surface area contributed by atoms with Crippen molar-refractivity contribution in [2.45, 2.75) is 70.5 Å². The quantitative estimate of drug-likeness (QED) is 0.767. The summed E-state index contributed by atoms with van der Waals surface area (Å²) in [6, 6.07) is 1.94. The van der Waals surface area contributed by atoms with Crippen LogP contribution < -0.4 is 0 Å². The standard InChI is InChI=1S/C21H28O4/c1-12-15(7-9-25-12)20(2)8-6-16-14(19(20)24)5-4-13-10-17(22)18(23)11-21(13,16)3/h4,7,9,14,16-18,22-23H,5-6,8,10-11H2,1-3H3. The van der Waals surface area contributed by atoms with E-state index in [0.29, 0.717) is 18.6 Å². The number of hydrogen-bond acceptors (Lipinski definition) is 4. The Kier molecular flexibility index (Phi) is 3.79. The lowest BCUT2D eigenvalue weighted by Gasteiger charge is -2.55. The molecular formula is C21H28O4. The highest BCUT2D eigenvalue weighted by Gasteiger charge is 2.56. The SMILES string of the molecule is Cc1occc1C1(C)CCC2C(CC=C3CC(O)C(O)CC32C)C1=O. The van der Waals surface area contributed by atoms with Gasteiger partial charge in [-0.25, -0.2) is 0 Å². The summed E-state index contributed by atoms with van der Waals surface area (Å²) >= 11 is 0. The van der Waals surface area contributed by atoms with Gasteiger partial charge in [0.2, 0.25) is 0 Å². The van der Waals surface area contributed by atoms with Gasteiger partial charge in [-0.15, -0.1) is 0 Å². The largest absolute Gasteiger partial charge is 0.469 e. The molecule has 0 spiro atoms. The Labute approximate surface area is 148 Å². The average molecular weight is 344 g/mol. The van der Waals surface area contributed by atoms with E-state index < -0.39 is 17.6 Å². The number of Topliss-reactive ketones (excluding diaryl/α,β-unsaturated/α-hetero) is 1. The van der Waals surface area contributed by atoms with Gasteiger partial charge in [-0.3, -0.25) is 4.79 Å². The molecule has 0 saturated heterocycles. The van der Waals surface area contributed by atoms with E-state index in [-0.39, 0.29) is 17.3 Å². The summed E-state index contributed by atoms with van der Waals surface area (Å²) in [5, 5.41) is 20.3. The zero-order chi connectivity index (χ0) is 18.0. The summed E-state index contributed by atoms with van der Waals surface area (Å²) in [5.41, 5.74) is 1.61. The van der Waals surface area contributed by atoms with Gasteiger partial charge < -0.3 is 14.6 Å². The Bertz CT molecular complexity index is 732. The molecule has 1 heterocycles. The number of ketones is 1. The van der Waals surface area contributed by atoms with Gasteiger partial charge in [-0.1, -0.05) is 18.6 Å². The Morgan fingerprint density at radius 1 is 1.24 bits per heavy atom. The Morgan fingerprint density at radius 3 is 2.68 bits per heavy atom. The molecule has 6 unspecified atom stereocenters. The van der Waals surface area contributed by atoms with Gasteiger partial charge in [0.05, 0.1) is 23.9 Å². The molecular weight excluding hydrogens is 316 g/mol. The molecule has 25 heavy (non-hydrogen) atoms. The van der Waals surface area contributed by atoms with Crippen molar-refractivity contribution in [3.63, 3.8) is 0 Å². The van der Waals surface area contributed by atoms with E-state index in [1.165, 1.54) is 5.57 Å². The van der Waals surface area contributed by atoms with Crippen molar-refractivity contribution in [2.75, 3.05) is 0 Å². The number of aliphatic hydroxyl groups is 2. The molecule has 2 N–H and O–H groups in total. The number of carbonyl (C=O) groups excluding carboxylic acids is 1. The molecule has 4 rings (SSSR count). The van der Waals surface area contributed by atoms with E-state index in [9.17, 15) is 15.0 Å². The molecule has 3 aliphatic rings. The van der Waals surface area contributed by atoms with E-state index in [0.717, 1.165) is 30.6 Å². The van der Waals surface area contributed by atoms with Gasteiger partial charge in [0.15, 0.2) is 0 Å². The number of fused-ring (bicyclic) bond motifs is 3. The van der Waals surface area contributed by atoms with Crippen LogP contribution in [0, 0.1) is 24.2 Å². The summed E-state index contributed by atoms with van der Waals surface area (Å²) in [6.45, 7) is 6.17. The van der Waals surface area contributed by atoms with Crippen LogP contribution in [0.5, 0.6) is 0 Å². The summed E-state index contributed by atoms with van der Waals surface area (Å²) in [7, 11) is 0. The number of furan rings is 1. The van der Waals surface area contributed by atoms with Crippen molar-refractivity contribution in [1.82, 2.24) is 0 Å². The minimum atomic E-state index is -0.694. The molecule has 4 heteroatoms. The molecule has 2 saturated carbocycles. The summed E-state index contributed by atoms with van der Waals surface area (Å²) in [6.07, 6.45) is 6.10. The number of carbonyl (C=O) groups is 1. The number of aryl methyl sites for hydroxylation is 1. The first-order valence-electron chi connectivity index (χ1n) is 9.42. The lowest BCUT2D eigenvalue weighted by Crippen LogP contribution is -2.54. The van der Waals surface area contributed by atoms with Crippen molar-refractivity contribution in [3.8, 4) is 0 Å². The van der Waals surface area contributed by atoms with E-state index >= 15 is 0 Å². The molecule has 0 bridgehead atoms. The third-order valence-corrected chi connectivity index (χ3v) is 7.45. The fraction of sp³-hybridized carbons (Fsp3) is 0.667. The van der Waals surface area contributed by atoms with Gasteiger partial charge in [-0.05, 0) is 63.4 Å². The Morgan fingerprint density at radius 2 is 2.00 bits per heavy atom. The highest BCUT2D eigenvalue weighted by molar-refractivity contribution is 5.93. The maximum Gasteiger partial charge on any atom is 0.146 e. The van der Waals surface area contributed by atoms with Crippen molar-refractivity contribution >= 4 is 5.78 Å². The van der Waals surface area contributed by atoms with Crippen LogP contribution in [-0.4, -0.2) is 28.2 Å².